The van der Waals surface area contributed by atoms with Crippen LogP contribution in [0.3, 0.4) is 0 Å². The minimum atomic E-state index is -0.689. The zero-order chi connectivity index (χ0) is 46.9. The van der Waals surface area contributed by atoms with Crippen LogP contribution < -0.4 is 18.9 Å². The van der Waals surface area contributed by atoms with Gasteiger partial charge in [0.2, 0.25) is 0 Å². The summed E-state index contributed by atoms with van der Waals surface area (Å²) >= 11 is 0. The molecule has 12 heterocycles. The Morgan fingerprint density at radius 1 is 0.529 bits per heavy atom. The number of fused-ring (bicyclic) bond motifs is 12. The van der Waals surface area contributed by atoms with Gasteiger partial charge in [-0.1, -0.05) is 18.2 Å². The van der Waals surface area contributed by atoms with Crippen molar-refractivity contribution in [2.75, 3.05) is 21.3 Å². The molecular weight excluding hydrogens is 883 g/mol. The summed E-state index contributed by atoms with van der Waals surface area (Å²) < 4.78 is 46.6. The van der Waals surface area contributed by atoms with Crippen molar-refractivity contribution in [2.45, 2.75) is 189 Å². The second-order valence-electron chi connectivity index (χ2n) is 19.3. The van der Waals surface area contributed by atoms with Gasteiger partial charge in [-0.15, -0.1) is 0 Å². The van der Waals surface area contributed by atoms with Gasteiger partial charge < -0.3 is 58.3 Å². The van der Waals surface area contributed by atoms with E-state index < -0.39 is 11.9 Å². The Morgan fingerprint density at radius 2 is 0.897 bits per heavy atom. The number of esters is 3. The van der Waals surface area contributed by atoms with E-state index in [4.69, 9.17) is 38.6 Å². The van der Waals surface area contributed by atoms with Gasteiger partial charge in [0.15, 0.2) is 5.78 Å². The molecule has 0 radical (unpaired) electrons. The molecule has 0 aromatic rings. The molecule has 18 nitrogen and oxygen atoms in total. The molecule has 12 aliphatic heterocycles. The minimum Gasteiger partial charge on any atom is -0.870 e. The van der Waals surface area contributed by atoms with Crippen molar-refractivity contribution in [2.24, 2.45) is 23.7 Å². The van der Waals surface area contributed by atoms with Crippen molar-refractivity contribution >= 4 is 35.6 Å². The number of aliphatic carboxylic acids is 2. The molecule has 12 bridgehead atoms. The number of rotatable bonds is 9. The van der Waals surface area contributed by atoms with Gasteiger partial charge in [0, 0.05) is 18.9 Å². The van der Waals surface area contributed by atoms with E-state index in [1.807, 2.05) is 24.3 Å². The van der Waals surface area contributed by atoms with Gasteiger partial charge in [0.1, 0.15) is 6.10 Å². The Hall–Kier alpha value is -3.44. The summed E-state index contributed by atoms with van der Waals surface area (Å²) in [6.45, 7) is 0. The molecule has 19 heteroatoms. The maximum Gasteiger partial charge on any atom is 1.00 e. The van der Waals surface area contributed by atoms with E-state index in [1.54, 1.807) is 0 Å². The van der Waals surface area contributed by atoms with Crippen LogP contribution >= 0.6 is 0 Å². The molecule has 10 fully saturated rings. The van der Waals surface area contributed by atoms with Gasteiger partial charge in [0.25, 0.3) is 0 Å². The molecule has 0 aliphatic carbocycles. The summed E-state index contributed by atoms with van der Waals surface area (Å²) in [6.07, 6.45) is 28.5. The summed E-state index contributed by atoms with van der Waals surface area (Å²) in [7, 11) is 4.26. The van der Waals surface area contributed by atoms with Crippen LogP contribution in [0.2, 0.25) is 0 Å². The van der Waals surface area contributed by atoms with E-state index in [9.17, 15) is 28.8 Å². The molecular formula is C49H69LiO18. The average molecular weight is 953 g/mol. The zero-order valence-electron chi connectivity index (χ0n) is 39.8. The summed E-state index contributed by atoms with van der Waals surface area (Å²) in [4.78, 5) is 64.2. The third-order valence-corrected chi connectivity index (χ3v) is 14.8. The summed E-state index contributed by atoms with van der Waals surface area (Å²) in [5.41, 5.74) is 1.02. The number of carboxylic acid groups (broad SMARTS) is 2. The number of Topliss-reactive ketones (excluding diaryl/α,β-unsaturated/α-hetero) is 1. The molecule has 10 saturated heterocycles. The van der Waals surface area contributed by atoms with Crippen LogP contribution in [-0.4, -0.2) is 146 Å². The first kappa shape index (κ1) is 55.5. The first-order valence-corrected chi connectivity index (χ1v) is 23.9. The van der Waals surface area contributed by atoms with Crippen molar-refractivity contribution in [3.8, 4) is 0 Å². The molecule has 0 spiro atoms. The number of hydrogen-bond donors (Lipinski definition) is 2. The van der Waals surface area contributed by atoms with Crippen LogP contribution in [0, 0.1) is 23.7 Å². The Morgan fingerprint density at radius 3 is 1.12 bits per heavy atom. The van der Waals surface area contributed by atoms with Crippen LogP contribution in [0.4, 0.5) is 0 Å². The fraction of sp³-hybridized carbons (Fsp3) is 0.755. The van der Waals surface area contributed by atoms with Gasteiger partial charge in [0.05, 0.1) is 114 Å². The standard InChI is InChI=1S/2C9H14O3.C9H10O3.2C8H12O3.C6H6O2.Li.H2O/c3*1-11-9(10)5-6-4-7-2-3-8(6)12-7;2*9-8(10)4-5-3-6-1-2-7(5)11-6;7-5-3-4-1-2-6(5)8-4;;/h2*6-8H,2-5H2,1H3;2-3,5,7-8H,4H2,1H3;2*5-7H,1-4H2,(H,9,10);1-2,4,6H,3H2;;1H2/q;;;;;;+1;/p-1/t6-,7+,8-;6-,7-,8+;7-,8+;5-,6+,7-;5-,6-,7+;4-,6+;;/m100100../s1. The van der Waals surface area contributed by atoms with Crippen LogP contribution in [0.1, 0.15) is 116 Å². The van der Waals surface area contributed by atoms with Crippen molar-refractivity contribution in [1.82, 2.24) is 0 Å². The Bertz CT molecular complexity index is 1750. The molecule has 0 unspecified atom stereocenters. The summed E-state index contributed by atoms with van der Waals surface area (Å²) in [5, 5.41) is 17.1. The largest absolute Gasteiger partial charge is 1.00 e. The Kier molecular flexibility index (Phi) is 21.3. The predicted octanol–water partition coefficient (Wildman–Crippen LogP) is 2.21. The molecule has 12 rings (SSSR count). The number of ketones is 1. The fourth-order valence-corrected chi connectivity index (χ4v) is 11.5. The van der Waals surface area contributed by atoms with Crippen molar-refractivity contribution in [3.05, 3.63) is 36.0 Å². The van der Waals surface area contributed by atoms with Gasteiger partial charge >= 0.3 is 48.7 Å². The second kappa shape index (κ2) is 26.1. The van der Waals surface area contributed by atoms with Gasteiger partial charge in [-0.05, 0) is 112 Å². The molecule has 16 atom stereocenters. The zero-order valence-corrected chi connectivity index (χ0v) is 39.8. The monoisotopic (exact) mass is 952 g/mol. The molecule has 374 valence electrons. The third-order valence-electron chi connectivity index (χ3n) is 14.8. The van der Waals surface area contributed by atoms with Crippen LogP contribution in [0.25, 0.3) is 0 Å². The third kappa shape index (κ3) is 15.3. The first-order valence-electron chi connectivity index (χ1n) is 23.9. The van der Waals surface area contributed by atoms with Gasteiger partial charge in [-0.2, -0.15) is 0 Å². The van der Waals surface area contributed by atoms with Gasteiger partial charge in [-0.25, -0.2) is 4.79 Å². The minimum absolute atomic E-state index is 0. The van der Waals surface area contributed by atoms with Crippen molar-refractivity contribution in [3.63, 3.8) is 0 Å². The number of ether oxygens (including phenoxy) is 9. The number of carbonyl (C=O) groups is 6. The SMILES string of the molecule is COC(=O)C=C1C[C@@H]2C=C[C@H]1O2.COC(=O)C[C@@H]1C[C@@H]2CC[C@H]1O2.COC(=O)C[C@H]1C[C@@H]2CC[C@H]1O2.O=C(O)C[C@@H]1C[C@@H]2CC[C@H]1O2.O=C(O)C[C@H]1C[C@@H]2CC[C@H]1O2.O=C1C[C@@H]2C=C[C@H]1O2.[Li+].[OH-]. The maximum atomic E-state index is 11.0. The predicted molar refractivity (Wildman–Crippen MR) is 234 cm³/mol. The van der Waals surface area contributed by atoms with E-state index in [0.717, 1.165) is 76.2 Å². The van der Waals surface area contributed by atoms with Gasteiger partial charge in [-0.3, -0.25) is 24.0 Å². The second-order valence-corrected chi connectivity index (χ2v) is 19.3. The van der Waals surface area contributed by atoms with E-state index in [0.29, 0.717) is 92.4 Å². The molecule has 3 N–H and O–H groups in total. The van der Waals surface area contributed by atoms with Crippen molar-refractivity contribution in [1.29, 1.82) is 0 Å². The number of carboxylic acids is 2. The molecule has 0 saturated carbocycles. The molecule has 68 heavy (non-hydrogen) atoms. The van der Waals surface area contributed by atoms with Crippen LogP contribution in [0.15, 0.2) is 36.0 Å². The maximum absolute atomic E-state index is 11.0. The normalized spacial score (nSPS) is 38.0. The van der Waals surface area contributed by atoms with E-state index in [2.05, 4.69) is 14.2 Å². The fourth-order valence-electron chi connectivity index (χ4n) is 11.5. The molecule has 0 aromatic carbocycles. The quantitative estimate of drug-likeness (QED) is 0.110. The molecule has 12 aliphatic rings. The summed E-state index contributed by atoms with van der Waals surface area (Å²) in [5.74, 6) is -0.193. The number of hydrogen-bond acceptors (Lipinski definition) is 16. The number of methoxy groups -OCH3 is 3. The topological polar surface area (TPSA) is 256 Å². The van der Waals surface area contributed by atoms with Crippen LogP contribution in [-0.2, 0) is 71.4 Å². The Balaban J connectivity index is 0.000000152. The average Bonchev–Trinajstić information content (AvgIpc) is 4.13. The molecule has 0 aromatic heterocycles. The Labute approximate surface area is 410 Å². The summed E-state index contributed by atoms with van der Waals surface area (Å²) in [6, 6.07) is 0. The smallest absolute Gasteiger partial charge is 0.870 e. The molecule has 0 amide bonds. The van der Waals surface area contributed by atoms with Crippen LogP contribution in [0.5, 0.6) is 0 Å². The van der Waals surface area contributed by atoms with E-state index in [1.165, 1.54) is 40.2 Å². The number of carbonyl (C=O) groups excluding carboxylic acids is 4. The first-order chi connectivity index (χ1) is 31.7. The van der Waals surface area contributed by atoms with E-state index in [-0.39, 0.29) is 84.7 Å². The van der Waals surface area contributed by atoms with E-state index >= 15 is 0 Å². The van der Waals surface area contributed by atoms with Crippen molar-refractivity contribution < 1.29 is 106 Å².